The Hall–Kier alpha value is -4.59. The third-order valence-corrected chi connectivity index (χ3v) is 6.10. The first kappa shape index (κ1) is 26.5. The summed E-state index contributed by atoms with van der Waals surface area (Å²) < 4.78 is 10.9. The normalized spacial score (nSPS) is 16.7. The van der Waals surface area contributed by atoms with Gasteiger partial charge in [0.1, 0.15) is 17.3 Å². The molecule has 1 heterocycles. The van der Waals surface area contributed by atoms with Crippen molar-refractivity contribution in [3.05, 3.63) is 94.6 Å². The van der Waals surface area contributed by atoms with E-state index in [0.717, 1.165) is 5.56 Å². The summed E-state index contributed by atoms with van der Waals surface area (Å²) >= 11 is 0. The summed E-state index contributed by atoms with van der Waals surface area (Å²) in [5.74, 6) is -1.99. The topological polar surface area (TPSA) is 113 Å². The van der Waals surface area contributed by atoms with Crippen molar-refractivity contribution in [3.63, 3.8) is 0 Å². The number of hydrogen-bond donors (Lipinski definition) is 2. The second kappa shape index (κ2) is 10.8. The minimum atomic E-state index is -1.01. The first-order chi connectivity index (χ1) is 18.1. The molecule has 1 amide bonds. The zero-order valence-electron chi connectivity index (χ0n) is 21.6. The Morgan fingerprint density at radius 3 is 2.34 bits per heavy atom. The summed E-state index contributed by atoms with van der Waals surface area (Å²) in [6.07, 6.45) is -0.338. The van der Waals surface area contributed by atoms with Crippen molar-refractivity contribution in [2.45, 2.75) is 39.8 Å². The summed E-state index contributed by atoms with van der Waals surface area (Å²) in [5, 5.41) is 21.2. The van der Waals surface area contributed by atoms with Crippen LogP contribution in [0.4, 0.5) is 5.69 Å². The monoisotopic (exact) mass is 515 g/mol. The number of aryl methyl sites for hydroxylation is 1. The minimum Gasteiger partial charge on any atom is -0.508 e. The molecule has 1 fully saturated rings. The molecular formula is C30H29NO7. The number of ether oxygens (including phenoxy) is 2. The van der Waals surface area contributed by atoms with Crippen molar-refractivity contribution in [2.75, 3.05) is 11.5 Å². The van der Waals surface area contributed by atoms with Crippen molar-refractivity contribution in [2.24, 2.45) is 0 Å². The minimum absolute atomic E-state index is 0.00580. The summed E-state index contributed by atoms with van der Waals surface area (Å²) in [6, 6.07) is 16.2. The average Bonchev–Trinajstić information content (AvgIpc) is 3.15. The number of nitrogens with zero attached hydrogens (tertiary/aromatic N) is 1. The number of phenolic OH excluding ortho intramolecular Hbond substituents is 1. The predicted octanol–water partition coefficient (Wildman–Crippen LogP) is 5.29. The van der Waals surface area contributed by atoms with Crippen molar-refractivity contribution in [1.82, 2.24) is 0 Å². The van der Waals surface area contributed by atoms with E-state index in [-0.39, 0.29) is 34.4 Å². The van der Waals surface area contributed by atoms with Crippen LogP contribution in [0.1, 0.15) is 53.9 Å². The summed E-state index contributed by atoms with van der Waals surface area (Å²) in [6.45, 7) is 7.62. The van der Waals surface area contributed by atoms with Gasteiger partial charge in [0.05, 0.1) is 29.9 Å². The molecule has 4 rings (SSSR count). The first-order valence-corrected chi connectivity index (χ1v) is 12.3. The highest BCUT2D eigenvalue weighted by atomic mass is 16.5. The van der Waals surface area contributed by atoms with Gasteiger partial charge in [-0.15, -0.1) is 0 Å². The Kier molecular flexibility index (Phi) is 7.52. The van der Waals surface area contributed by atoms with Gasteiger partial charge in [-0.3, -0.25) is 14.5 Å². The third-order valence-electron chi connectivity index (χ3n) is 6.10. The molecule has 0 aliphatic carbocycles. The number of phenols is 1. The molecule has 0 saturated carbocycles. The Balaban J connectivity index is 1.88. The lowest BCUT2D eigenvalue weighted by molar-refractivity contribution is -0.132. The smallest absolute Gasteiger partial charge is 0.338 e. The molecule has 0 radical (unpaired) electrons. The molecule has 1 saturated heterocycles. The SMILES string of the molecule is CCOc1ccc(/C(O)=C2\C(=O)C(=O)N(c3cccc(C(=O)OC(C)C)c3)C2c2ccc(O)cc2)cc1C. The van der Waals surface area contributed by atoms with Gasteiger partial charge >= 0.3 is 5.97 Å². The van der Waals surface area contributed by atoms with Gasteiger partial charge in [-0.05, 0) is 87.4 Å². The van der Waals surface area contributed by atoms with E-state index in [2.05, 4.69) is 0 Å². The Labute approximate surface area is 220 Å². The van der Waals surface area contributed by atoms with Crippen LogP contribution in [0.5, 0.6) is 11.5 Å². The van der Waals surface area contributed by atoms with E-state index < -0.39 is 23.7 Å². The lowest BCUT2D eigenvalue weighted by atomic mass is 9.94. The number of Topliss-reactive ketones (excluding diaryl/α,β-unsaturated/α-hetero) is 1. The molecule has 3 aromatic rings. The van der Waals surface area contributed by atoms with Gasteiger partial charge in [0.2, 0.25) is 0 Å². The Bertz CT molecular complexity index is 1420. The summed E-state index contributed by atoms with van der Waals surface area (Å²) in [5.41, 5.74) is 1.97. The van der Waals surface area contributed by atoms with Crippen molar-refractivity contribution >= 4 is 29.1 Å². The fourth-order valence-electron chi connectivity index (χ4n) is 4.41. The summed E-state index contributed by atoms with van der Waals surface area (Å²) in [4.78, 5) is 40.6. The van der Waals surface area contributed by atoms with Gasteiger partial charge in [-0.25, -0.2) is 4.79 Å². The van der Waals surface area contributed by atoms with Gasteiger partial charge < -0.3 is 19.7 Å². The van der Waals surface area contributed by atoms with Crippen LogP contribution in [0, 0.1) is 6.92 Å². The van der Waals surface area contributed by atoms with Crippen LogP contribution in [0.2, 0.25) is 0 Å². The van der Waals surface area contributed by atoms with E-state index in [1.807, 2.05) is 13.8 Å². The average molecular weight is 516 g/mol. The number of rotatable bonds is 7. The highest BCUT2D eigenvalue weighted by molar-refractivity contribution is 6.51. The number of ketones is 1. The lowest BCUT2D eigenvalue weighted by Crippen LogP contribution is -2.29. The number of carbonyl (C=O) groups is 3. The van der Waals surface area contributed by atoms with Gasteiger partial charge in [0.25, 0.3) is 11.7 Å². The zero-order chi connectivity index (χ0) is 27.6. The van der Waals surface area contributed by atoms with Gasteiger partial charge in [-0.2, -0.15) is 0 Å². The molecule has 1 atom stereocenters. The fourth-order valence-corrected chi connectivity index (χ4v) is 4.41. The van der Waals surface area contributed by atoms with Crippen LogP contribution in [0.3, 0.4) is 0 Å². The number of anilines is 1. The van der Waals surface area contributed by atoms with Crippen LogP contribution in [0.25, 0.3) is 5.76 Å². The fraction of sp³-hybridized carbons (Fsp3) is 0.233. The standard InChI is InChI=1S/C30H29NO7/c1-5-37-24-14-11-20(15-18(24)4)27(33)25-26(19-9-12-23(32)13-10-19)31(29(35)28(25)34)22-8-6-7-21(16-22)30(36)38-17(2)3/h6-17,26,32-33H,5H2,1-4H3/b27-25+. The predicted molar refractivity (Wildman–Crippen MR) is 142 cm³/mol. The first-order valence-electron chi connectivity index (χ1n) is 12.3. The van der Waals surface area contributed by atoms with E-state index in [9.17, 15) is 24.6 Å². The molecule has 0 bridgehead atoms. The van der Waals surface area contributed by atoms with E-state index in [4.69, 9.17) is 9.47 Å². The van der Waals surface area contributed by atoms with E-state index in [0.29, 0.717) is 23.5 Å². The van der Waals surface area contributed by atoms with Gasteiger partial charge in [0.15, 0.2) is 0 Å². The number of carbonyl (C=O) groups excluding carboxylic acids is 3. The van der Waals surface area contributed by atoms with Crippen LogP contribution >= 0.6 is 0 Å². The van der Waals surface area contributed by atoms with Crippen molar-refractivity contribution in [1.29, 1.82) is 0 Å². The number of aromatic hydroxyl groups is 1. The summed E-state index contributed by atoms with van der Waals surface area (Å²) in [7, 11) is 0. The number of hydrogen-bond acceptors (Lipinski definition) is 7. The molecule has 3 aromatic carbocycles. The zero-order valence-corrected chi connectivity index (χ0v) is 21.6. The lowest BCUT2D eigenvalue weighted by Gasteiger charge is -2.26. The second-order valence-corrected chi connectivity index (χ2v) is 9.18. The molecule has 0 aromatic heterocycles. The Morgan fingerprint density at radius 2 is 1.71 bits per heavy atom. The molecule has 2 N–H and O–H groups in total. The number of amides is 1. The molecule has 1 aliphatic rings. The quantitative estimate of drug-likeness (QED) is 0.190. The van der Waals surface area contributed by atoms with Crippen LogP contribution < -0.4 is 9.64 Å². The number of aliphatic hydroxyl groups excluding tert-OH is 1. The van der Waals surface area contributed by atoms with Crippen LogP contribution in [0.15, 0.2) is 72.3 Å². The number of esters is 1. The second-order valence-electron chi connectivity index (χ2n) is 9.18. The molecule has 1 unspecified atom stereocenters. The maximum Gasteiger partial charge on any atom is 0.338 e. The van der Waals surface area contributed by atoms with Gasteiger partial charge in [-0.1, -0.05) is 18.2 Å². The Morgan fingerprint density at radius 1 is 1.00 bits per heavy atom. The van der Waals surface area contributed by atoms with Crippen molar-refractivity contribution in [3.8, 4) is 11.5 Å². The maximum atomic E-state index is 13.4. The molecule has 8 heteroatoms. The maximum absolute atomic E-state index is 13.4. The van der Waals surface area contributed by atoms with E-state index in [1.54, 1.807) is 62.4 Å². The molecular weight excluding hydrogens is 486 g/mol. The molecule has 0 spiro atoms. The number of aliphatic hydroxyl groups is 1. The molecule has 196 valence electrons. The molecule has 1 aliphatic heterocycles. The van der Waals surface area contributed by atoms with E-state index >= 15 is 0 Å². The van der Waals surface area contributed by atoms with Crippen LogP contribution in [-0.4, -0.2) is 40.6 Å². The highest BCUT2D eigenvalue weighted by Gasteiger charge is 2.47. The molecule has 38 heavy (non-hydrogen) atoms. The van der Waals surface area contributed by atoms with Crippen molar-refractivity contribution < 1.29 is 34.1 Å². The van der Waals surface area contributed by atoms with Gasteiger partial charge in [0, 0.05) is 11.3 Å². The highest BCUT2D eigenvalue weighted by Crippen LogP contribution is 2.43. The third kappa shape index (κ3) is 5.11. The van der Waals surface area contributed by atoms with Crippen LogP contribution in [-0.2, 0) is 14.3 Å². The van der Waals surface area contributed by atoms with E-state index in [1.165, 1.54) is 23.1 Å². The molecule has 8 nitrogen and oxygen atoms in total. The number of benzene rings is 3. The largest absolute Gasteiger partial charge is 0.508 e.